The molecule has 0 unspecified atom stereocenters. The Hall–Kier alpha value is -2.02. The molecule has 29 heavy (non-hydrogen) atoms. The zero-order chi connectivity index (χ0) is 21.7. The molecule has 1 saturated heterocycles. The van der Waals surface area contributed by atoms with Crippen molar-refractivity contribution in [1.29, 1.82) is 0 Å². The second-order valence-electron chi connectivity index (χ2n) is 6.49. The first kappa shape index (κ1) is 23.3. The predicted octanol–water partition coefficient (Wildman–Crippen LogP) is -1.66. The molecule has 4 N–H and O–H groups in total. The van der Waals surface area contributed by atoms with Crippen LogP contribution in [0.2, 0.25) is 0 Å². The second kappa shape index (κ2) is 10.1. The highest BCUT2D eigenvalue weighted by atomic mass is 16.8. The van der Waals surface area contributed by atoms with Gasteiger partial charge in [0.25, 0.3) is 0 Å². The van der Waals surface area contributed by atoms with Gasteiger partial charge in [0.15, 0.2) is 6.29 Å². The molecule has 7 atom stereocenters. The highest BCUT2D eigenvalue weighted by molar-refractivity contribution is 5.90. The number of methoxy groups -OCH3 is 2. The smallest absolute Gasteiger partial charge is 0.337 e. The number of aliphatic hydroxyl groups excluding tert-OH is 4. The highest BCUT2D eigenvalue weighted by Gasteiger charge is 2.46. The SMILES string of the molecule is CC=C1[C@H](O[C@@H]2O[C@H](CO)[C@@H](O)[C@H](O)[C@H]2O)OC=C(C(=O)OC)[C@H]1CC(=O)OC. The lowest BCUT2D eigenvalue weighted by molar-refractivity contribution is -0.327. The summed E-state index contributed by atoms with van der Waals surface area (Å²) in [4.78, 5) is 23.9. The maximum atomic E-state index is 12.1. The standard InChI is InChI=1S/C18H26O11/c1-4-8-9(5-12(20)25-2)10(16(24)26-3)7-27-17(8)29-18-15(23)14(22)13(21)11(6-19)28-18/h4,7,9,11,13-15,17-19,21-23H,5-6H2,1-3H3/t9-,11+,13+,14-,15+,17-,18-/m0/s1. The number of hydrogen-bond donors (Lipinski definition) is 4. The summed E-state index contributed by atoms with van der Waals surface area (Å²) in [6.07, 6.45) is -6.17. The second-order valence-corrected chi connectivity index (χ2v) is 6.49. The van der Waals surface area contributed by atoms with E-state index in [-0.39, 0.29) is 12.0 Å². The molecule has 2 aliphatic rings. The van der Waals surface area contributed by atoms with Crippen LogP contribution in [0.4, 0.5) is 0 Å². The molecular formula is C18H26O11. The molecule has 0 amide bonds. The lowest BCUT2D eigenvalue weighted by atomic mass is 9.86. The van der Waals surface area contributed by atoms with Crippen LogP contribution in [0, 0.1) is 5.92 Å². The maximum Gasteiger partial charge on any atom is 0.337 e. The minimum absolute atomic E-state index is 0.0691. The van der Waals surface area contributed by atoms with Crippen LogP contribution in [-0.2, 0) is 33.3 Å². The van der Waals surface area contributed by atoms with E-state index in [1.54, 1.807) is 13.0 Å². The first-order valence-corrected chi connectivity index (χ1v) is 8.91. The Morgan fingerprint density at radius 1 is 1.14 bits per heavy atom. The van der Waals surface area contributed by atoms with Gasteiger partial charge in [0.05, 0.1) is 39.1 Å². The lowest BCUT2D eigenvalue weighted by Crippen LogP contribution is -2.60. The van der Waals surface area contributed by atoms with Gasteiger partial charge in [-0.2, -0.15) is 0 Å². The number of esters is 2. The van der Waals surface area contributed by atoms with Crippen molar-refractivity contribution in [2.24, 2.45) is 5.92 Å². The third-order valence-electron chi connectivity index (χ3n) is 4.83. The molecular weight excluding hydrogens is 392 g/mol. The van der Waals surface area contributed by atoms with Crippen LogP contribution in [-0.4, -0.2) is 90.2 Å². The molecule has 2 aliphatic heterocycles. The van der Waals surface area contributed by atoms with Crippen molar-refractivity contribution in [2.75, 3.05) is 20.8 Å². The summed E-state index contributed by atoms with van der Waals surface area (Å²) >= 11 is 0. The van der Waals surface area contributed by atoms with Crippen molar-refractivity contribution in [2.45, 2.75) is 50.3 Å². The van der Waals surface area contributed by atoms with Gasteiger partial charge in [0, 0.05) is 11.5 Å². The van der Waals surface area contributed by atoms with E-state index < -0.39 is 61.5 Å². The molecule has 2 rings (SSSR count). The van der Waals surface area contributed by atoms with Gasteiger partial charge in [0.1, 0.15) is 24.4 Å². The molecule has 11 nitrogen and oxygen atoms in total. The largest absolute Gasteiger partial charge is 0.469 e. The van der Waals surface area contributed by atoms with E-state index in [1.165, 1.54) is 14.2 Å². The third-order valence-corrected chi connectivity index (χ3v) is 4.83. The average Bonchev–Trinajstić information content (AvgIpc) is 2.73. The van der Waals surface area contributed by atoms with Crippen LogP contribution in [0.3, 0.4) is 0 Å². The Labute approximate surface area is 167 Å². The monoisotopic (exact) mass is 418 g/mol. The van der Waals surface area contributed by atoms with Crippen LogP contribution in [0.15, 0.2) is 23.5 Å². The van der Waals surface area contributed by atoms with Gasteiger partial charge < -0.3 is 44.1 Å². The van der Waals surface area contributed by atoms with E-state index >= 15 is 0 Å². The van der Waals surface area contributed by atoms with Crippen LogP contribution < -0.4 is 0 Å². The number of carbonyl (C=O) groups excluding carboxylic acids is 2. The fourth-order valence-electron chi connectivity index (χ4n) is 3.18. The zero-order valence-corrected chi connectivity index (χ0v) is 16.3. The molecule has 0 aliphatic carbocycles. The minimum atomic E-state index is -1.64. The van der Waals surface area contributed by atoms with E-state index in [1.807, 2.05) is 0 Å². The minimum Gasteiger partial charge on any atom is -0.469 e. The zero-order valence-electron chi connectivity index (χ0n) is 16.3. The molecule has 11 heteroatoms. The first-order chi connectivity index (χ1) is 13.8. The Kier molecular flexibility index (Phi) is 8.14. The number of hydrogen-bond acceptors (Lipinski definition) is 11. The molecule has 0 spiro atoms. The topological polar surface area (TPSA) is 161 Å². The summed E-state index contributed by atoms with van der Waals surface area (Å²) in [7, 11) is 2.39. The number of ether oxygens (including phenoxy) is 5. The van der Waals surface area contributed by atoms with E-state index in [0.717, 1.165) is 6.26 Å². The molecule has 0 radical (unpaired) electrons. The van der Waals surface area contributed by atoms with E-state index in [0.29, 0.717) is 5.57 Å². The Morgan fingerprint density at radius 3 is 2.38 bits per heavy atom. The van der Waals surface area contributed by atoms with Crippen molar-refractivity contribution in [1.82, 2.24) is 0 Å². The molecule has 164 valence electrons. The molecule has 0 saturated carbocycles. The fourth-order valence-corrected chi connectivity index (χ4v) is 3.18. The van der Waals surface area contributed by atoms with Crippen molar-refractivity contribution < 1.29 is 53.7 Å². The van der Waals surface area contributed by atoms with Gasteiger partial charge in [-0.1, -0.05) is 6.08 Å². The van der Waals surface area contributed by atoms with Gasteiger partial charge in [-0.15, -0.1) is 0 Å². The van der Waals surface area contributed by atoms with E-state index in [4.69, 9.17) is 18.9 Å². The molecule has 1 fully saturated rings. The number of allylic oxidation sites excluding steroid dienone is 1. The quantitative estimate of drug-likeness (QED) is 0.289. The van der Waals surface area contributed by atoms with Gasteiger partial charge in [-0.25, -0.2) is 4.79 Å². The summed E-state index contributed by atoms with van der Waals surface area (Å²) < 4.78 is 25.8. The summed E-state index contributed by atoms with van der Waals surface area (Å²) in [5.41, 5.74) is 0.426. The van der Waals surface area contributed by atoms with Crippen LogP contribution >= 0.6 is 0 Å². The Balaban J connectivity index is 2.27. The maximum absolute atomic E-state index is 12.1. The molecule has 0 aromatic heterocycles. The number of rotatable bonds is 6. The van der Waals surface area contributed by atoms with Crippen molar-refractivity contribution in [3.05, 3.63) is 23.5 Å². The lowest BCUT2D eigenvalue weighted by Gasteiger charge is -2.41. The van der Waals surface area contributed by atoms with Gasteiger partial charge in [-0.05, 0) is 6.92 Å². The summed E-state index contributed by atoms with van der Waals surface area (Å²) in [6, 6.07) is 0. The van der Waals surface area contributed by atoms with Crippen LogP contribution in [0.5, 0.6) is 0 Å². The normalized spacial score (nSPS) is 36.2. The van der Waals surface area contributed by atoms with E-state index in [2.05, 4.69) is 4.74 Å². The Morgan fingerprint density at radius 2 is 1.83 bits per heavy atom. The number of aliphatic hydroxyl groups is 4. The van der Waals surface area contributed by atoms with Gasteiger partial charge in [-0.3, -0.25) is 4.79 Å². The fraction of sp³-hybridized carbons (Fsp3) is 0.667. The average molecular weight is 418 g/mol. The number of carbonyl (C=O) groups is 2. The van der Waals surface area contributed by atoms with Gasteiger partial charge in [0.2, 0.25) is 6.29 Å². The first-order valence-electron chi connectivity index (χ1n) is 8.91. The molecule has 0 bridgehead atoms. The predicted molar refractivity (Wildman–Crippen MR) is 93.7 cm³/mol. The summed E-state index contributed by atoms with van der Waals surface area (Å²) in [5, 5.41) is 39.2. The van der Waals surface area contributed by atoms with Crippen molar-refractivity contribution in [3.63, 3.8) is 0 Å². The molecule has 2 heterocycles. The molecule has 0 aromatic carbocycles. The van der Waals surface area contributed by atoms with Crippen molar-refractivity contribution in [3.8, 4) is 0 Å². The van der Waals surface area contributed by atoms with Crippen LogP contribution in [0.1, 0.15) is 13.3 Å². The summed E-state index contributed by atoms with van der Waals surface area (Å²) in [5.74, 6) is -2.08. The highest BCUT2D eigenvalue weighted by Crippen LogP contribution is 2.36. The Bertz CT molecular complexity index is 656. The van der Waals surface area contributed by atoms with Crippen molar-refractivity contribution >= 4 is 11.9 Å². The molecule has 0 aromatic rings. The van der Waals surface area contributed by atoms with Crippen LogP contribution in [0.25, 0.3) is 0 Å². The third kappa shape index (κ3) is 4.94. The van der Waals surface area contributed by atoms with Gasteiger partial charge >= 0.3 is 11.9 Å². The van der Waals surface area contributed by atoms with E-state index in [9.17, 15) is 30.0 Å². The summed E-state index contributed by atoms with van der Waals surface area (Å²) in [6.45, 7) is 1.01.